The van der Waals surface area contributed by atoms with E-state index in [1.165, 1.54) is 5.71 Å². The van der Waals surface area contributed by atoms with Crippen LogP contribution in [-0.2, 0) is 0 Å². The Morgan fingerprint density at radius 2 is 1.61 bits per heavy atom. The van der Waals surface area contributed by atoms with Crippen LogP contribution in [0.15, 0.2) is 5.10 Å². The number of hydrogen-bond acceptors (Lipinski definition) is 2. The molecule has 4 heteroatoms. The maximum absolute atomic E-state index is 5.48. The molecule has 3 N–H and O–H groups in total. The summed E-state index contributed by atoms with van der Waals surface area (Å²) in [6.07, 6.45) is 3.09. The van der Waals surface area contributed by atoms with Crippen molar-refractivity contribution in [3.8, 4) is 0 Å². The van der Waals surface area contributed by atoms with Crippen molar-refractivity contribution >= 4 is 23.0 Å². The largest absolute Gasteiger partial charge is 0.375 e. The van der Waals surface area contributed by atoms with Gasteiger partial charge in [-0.2, -0.15) is 5.10 Å². The monoisotopic (exact) mass is 261 g/mol. The lowest BCUT2D eigenvalue weighted by Crippen LogP contribution is -2.30. The molecule has 0 amide bonds. The highest BCUT2D eigenvalue weighted by atomic mass is 32.1. The van der Waals surface area contributed by atoms with Crippen molar-refractivity contribution in [3.05, 3.63) is 0 Å². The van der Waals surface area contributed by atoms with Crippen LogP contribution in [0.1, 0.15) is 19.8 Å². The highest BCUT2D eigenvalue weighted by Gasteiger charge is 2.80. The van der Waals surface area contributed by atoms with Gasteiger partial charge in [0.15, 0.2) is 5.11 Å². The molecular weight excluding hydrogens is 242 g/mol. The minimum absolute atomic E-state index is 0.288. The van der Waals surface area contributed by atoms with Crippen LogP contribution in [0.3, 0.4) is 0 Å². The number of nitrogens with two attached hydrogens (primary N) is 1. The average Bonchev–Trinajstić information content (AvgIpc) is 2.99. The van der Waals surface area contributed by atoms with Crippen LogP contribution in [0.2, 0.25) is 0 Å². The first-order valence-electron chi connectivity index (χ1n) is 7.28. The second kappa shape index (κ2) is 2.92. The van der Waals surface area contributed by atoms with Crippen molar-refractivity contribution in [2.45, 2.75) is 19.8 Å². The Balaban J connectivity index is 1.52. The number of nitrogens with one attached hydrogen (secondary N) is 1. The van der Waals surface area contributed by atoms with Crippen molar-refractivity contribution in [3.63, 3.8) is 0 Å². The van der Waals surface area contributed by atoms with Crippen molar-refractivity contribution < 1.29 is 0 Å². The summed E-state index contributed by atoms with van der Waals surface area (Å²) in [7, 11) is 0. The molecule has 6 aliphatic carbocycles. The zero-order valence-electron chi connectivity index (χ0n) is 10.5. The van der Waals surface area contributed by atoms with Crippen molar-refractivity contribution in [1.82, 2.24) is 5.43 Å². The van der Waals surface area contributed by atoms with E-state index in [-0.39, 0.29) is 5.11 Å². The zero-order valence-corrected chi connectivity index (χ0v) is 11.4. The van der Waals surface area contributed by atoms with E-state index in [1.54, 1.807) is 12.8 Å². The molecule has 6 fully saturated rings. The number of thiocarbonyl (C=S) groups is 1. The van der Waals surface area contributed by atoms with E-state index in [2.05, 4.69) is 17.5 Å². The molecular formula is C14H19N3S. The quantitative estimate of drug-likeness (QED) is 0.451. The Labute approximate surface area is 113 Å². The molecule has 6 saturated carbocycles. The molecule has 0 heterocycles. The molecule has 0 aromatic carbocycles. The third kappa shape index (κ3) is 0.869. The summed E-state index contributed by atoms with van der Waals surface area (Å²) < 4.78 is 0. The molecule has 18 heavy (non-hydrogen) atoms. The fourth-order valence-electron chi connectivity index (χ4n) is 7.40. The Bertz CT molecular complexity index is 459. The maximum atomic E-state index is 5.48. The Morgan fingerprint density at radius 3 is 2.11 bits per heavy atom. The van der Waals surface area contributed by atoms with E-state index in [0.29, 0.717) is 0 Å². The van der Waals surface area contributed by atoms with Gasteiger partial charge in [-0.05, 0) is 79.3 Å². The van der Waals surface area contributed by atoms with Gasteiger partial charge in [0.05, 0.1) is 0 Å². The smallest absolute Gasteiger partial charge is 0.184 e. The zero-order chi connectivity index (χ0) is 12.2. The van der Waals surface area contributed by atoms with Crippen LogP contribution in [0.25, 0.3) is 0 Å². The second-order valence-corrected chi connectivity index (χ2v) is 7.63. The van der Waals surface area contributed by atoms with Crippen LogP contribution in [0.4, 0.5) is 0 Å². The lowest BCUT2D eigenvalue weighted by atomic mass is 9.71. The summed E-state index contributed by atoms with van der Waals surface area (Å²) in [5.41, 5.74) is 9.54. The van der Waals surface area contributed by atoms with E-state index in [4.69, 9.17) is 18.0 Å². The van der Waals surface area contributed by atoms with Gasteiger partial charge in [-0.25, -0.2) is 0 Å². The maximum Gasteiger partial charge on any atom is 0.184 e. The van der Waals surface area contributed by atoms with E-state index >= 15 is 0 Å². The number of rotatable bonds is 2. The molecule has 6 rings (SSSR count). The molecule has 3 nitrogen and oxygen atoms in total. The summed E-state index contributed by atoms with van der Waals surface area (Å²) in [4.78, 5) is 0. The van der Waals surface area contributed by atoms with Gasteiger partial charge in [0.1, 0.15) is 0 Å². The van der Waals surface area contributed by atoms with Gasteiger partial charge in [-0.3, -0.25) is 5.43 Å². The molecule has 0 spiro atoms. The molecule has 8 atom stereocenters. The van der Waals surface area contributed by atoms with Gasteiger partial charge in [0.2, 0.25) is 0 Å². The number of hydrazone groups is 1. The van der Waals surface area contributed by atoms with Gasteiger partial charge in [0, 0.05) is 11.6 Å². The second-order valence-electron chi connectivity index (χ2n) is 7.19. The molecule has 96 valence electrons. The fraction of sp³-hybridized carbons (Fsp3) is 0.857. The third-order valence-electron chi connectivity index (χ3n) is 7.15. The van der Waals surface area contributed by atoms with Crippen molar-refractivity contribution in [2.24, 2.45) is 64.1 Å². The van der Waals surface area contributed by atoms with E-state index in [9.17, 15) is 0 Å². The van der Waals surface area contributed by atoms with Gasteiger partial charge < -0.3 is 5.73 Å². The summed E-state index contributed by atoms with van der Waals surface area (Å²) in [5.74, 6) is 9.11. The van der Waals surface area contributed by atoms with Gasteiger partial charge in [-0.1, -0.05) is 0 Å². The van der Waals surface area contributed by atoms with Crippen molar-refractivity contribution in [1.29, 1.82) is 0 Å². The highest BCUT2D eigenvalue weighted by Crippen LogP contribution is 2.84. The van der Waals surface area contributed by atoms with Crippen LogP contribution in [0.5, 0.6) is 0 Å². The lowest BCUT2D eigenvalue weighted by molar-refractivity contribution is 0.132. The Kier molecular flexibility index (Phi) is 1.65. The molecule has 8 unspecified atom stereocenters. The number of nitrogens with zero attached hydrogens (tertiary/aromatic N) is 1. The van der Waals surface area contributed by atoms with Crippen molar-refractivity contribution in [2.75, 3.05) is 0 Å². The highest BCUT2D eigenvalue weighted by molar-refractivity contribution is 7.80. The summed E-state index contributed by atoms with van der Waals surface area (Å²) >= 11 is 4.84. The molecule has 0 aliphatic heterocycles. The van der Waals surface area contributed by atoms with E-state index < -0.39 is 0 Å². The molecule has 0 aromatic heterocycles. The standard InChI is InChI=1S/C14H19N3S/c1-4(16-17-14(15)18)9-12-7-2-5-6-3-8(10(5)12)13(9)11(6)7/h5-13H,2-3H2,1H3,(H3,15,17,18). The fourth-order valence-corrected chi connectivity index (χ4v) is 7.44. The van der Waals surface area contributed by atoms with Gasteiger partial charge >= 0.3 is 0 Å². The van der Waals surface area contributed by atoms with E-state index in [1.807, 2.05) is 0 Å². The normalized spacial score (nSPS) is 61.4. The average molecular weight is 261 g/mol. The Hall–Kier alpha value is -0.640. The molecule has 0 saturated heterocycles. The molecule has 6 aliphatic rings. The minimum Gasteiger partial charge on any atom is -0.375 e. The number of hydrogen-bond donors (Lipinski definition) is 2. The predicted octanol–water partition coefficient (Wildman–Crippen LogP) is 1.59. The summed E-state index contributed by atoms with van der Waals surface area (Å²) in [6.45, 7) is 2.18. The summed E-state index contributed by atoms with van der Waals surface area (Å²) in [5, 5.41) is 4.74. The van der Waals surface area contributed by atoms with Crippen LogP contribution in [0, 0.1) is 53.3 Å². The molecule has 6 bridgehead atoms. The topological polar surface area (TPSA) is 50.4 Å². The predicted molar refractivity (Wildman–Crippen MR) is 73.7 cm³/mol. The lowest BCUT2D eigenvalue weighted by Gasteiger charge is -2.33. The SMILES string of the molecule is CC(=NNC(N)=S)C1C2C3CC4C5CC(C42)C1C53. The Morgan fingerprint density at radius 1 is 1.06 bits per heavy atom. The van der Waals surface area contributed by atoms with Gasteiger partial charge in [0.25, 0.3) is 0 Å². The van der Waals surface area contributed by atoms with Crippen LogP contribution < -0.4 is 11.2 Å². The first-order valence-corrected chi connectivity index (χ1v) is 7.69. The first-order chi connectivity index (χ1) is 8.68. The molecule has 0 radical (unpaired) electrons. The summed E-state index contributed by atoms with van der Waals surface area (Å²) in [6, 6.07) is 0. The van der Waals surface area contributed by atoms with Gasteiger partial charge in [-0.15, -0.1) is 0 Å². The minimum atomic E-state index is 0.288. The first kappa shape index (κ1) is 10.2. The molecule has 0 aromatic rings. The van der Waals surface area contributed by atoms with E-state index in [0.717, 1.165) is 53.3 Å². The van der Waals surface area contributed by atoms with Crippen LogP contribution >= 0.6 is 12.2 Å². The van der Waals surface area contributed by atoms with Crippen LogP contribution in [-0.4, -0.2) is 10.8 Å². The third-order valence-corrected chi connectivity index (χ3v) is 7.24.